The number of carbonyl (C=O) groups excluding carboxylic acids is 1. The fourth-order valence-corrected chi connectivity index (χ4v) is 6.08. The van der Waals surface area contributed by atoms with Crippen LogP contribution in [0.15, 0.2) is 50.4 Å². The van der Waals surface area contributed by atoms with Crippen molar-refractivity contribution in [3.63, 3.8) is 0 Å². The second-order valence-corrected chi connectivity index (χ2v) is 10.4. The molecule has 0 radical (unpaired) electrons. The topological polar surface area (TPSA) is 146 Å². The Bertz CT molecular complexity index is 1550. The summed E-state index contributed by atoms with van der Waals surface area (Å²) < 4.78 is 24.4. The number of benzene rings is 1. The van der Waals surface area contributed by atoms with Crippen LogP contribution in [0.4, 0.5) is 0 Å². The van der Waals surface area contributed by atoms with Crippen molar-refractivity contribution in [2.45, 2.75) is 37.8 Å². The highest BCUT2D eigenvalue weighted by Crippen LogP contribution is 2.43. The Kier molecular flexibility index (Phi) is 7.57. The molecule has 2 aliphatic heterocycles. The Morgan fingerprint density at radius 1 is 1.05 bits per heavy atom. The van der Waals surface area contributed by atoms with Crippen molar-refractivity contribution in [1.82, 2.24) is 9.47 Å². The number of likely N-dealkylation sites (tertiary alicyclic amines) is 1. The SMILES string of the molecule is COc1cc(OC)c([C@@H](CC(N)=O)c2oc(CN3C[C@H]4C[C@@H](C3)c3cccc(=O)n3C4)cc(=O)c2O)cc1OC. The first kappa shape index (κ1) is 27.3. The number of piperidine rings is 1. The zero-order chi connectivity index (χ0) is 28.6. The number of nitrogens with zero attached hydrogens (tertiary/aromatic N) is 2. The lowest BCUT2D eigenvalue weighted by atomic mass is 9.83. The fourth-order valence-electron chi connectivity index (χ4n) is 6.08. The summed E-state index contributed by atoms with van der Waals surface area (Å²) in [5.41, 5.74) is 6.43. The van der Waals surface area contributed by atoms with E-state index in [2.05, 4.69) is 4.90 Å². The zero-order valence-corrected chi connectivity index (χ0v) is 22.7. The molecular weight excluding hydrogens is 518 g/mol. The summed E-state index contributed by atoms with van der Waals surface area (Å²) in [4.78, 5) is 39.7. The van der Waals surface area contributed by atoms with E-state index in [-0.39, 0.29) is 29.6 Å². The van der Waals surface area contributed by atoms with Crippen LogP contribution in [0.1, 0.15) is 47.5 Å². The van der Waals surface area contributed by atoms with E-state index in [4.69, 9.17) is 24.4 Å². The van der Waals surface area contributed by atoms with Gasteiger partial charge in [-0.15, -0.1) is 0 Å². The maximum atomic E-state index is 12.9. The first-order chi connectivity index (χ1) is 19.2. The second-order valence-electron chi connectivity index (χ2n) is 10.4. The summed E-state index contributed by atoms with van der Waals surface area (Å²) in [6, 6.07) is 9.86. The van der Waals surface area contributed by atoms with E-state index in [9.17, 15) is 19.5 Å². The molecule has 0 spiro atoms. The number of pyridine rings is 1. The number of primary amides is 1. The monoisotopic (exact) mass is 551 g/mol. The van der Waals surface area contributed by atoms with Gasteiger partial charge in [0.25, 0.3) is 5.56 Å². The highest BCUT2D eigenvalue weighted by molar-refractivity contribution is 5.76. The Morgan fingerprint density at radius 3 is 2.48 bits per heavy atom. The molecule has 1 fully saturated rings. The van der Waals surface area contributed by atoms with E-state index in [1.807, 2.05) is 10.6 Å². The maximum absolute atomic E-state index is 12.9. The van der Waals surface area contributed by atoms with Crippen molar-refractivity contribution in [3.8, 4) is 23.0 Å². The summed E-state index contributed by atoms with van der Waals surface area (Å²) in [6.45, 7) is 2.38. The molecule has 0 saturated carbocycles. The minimum atomic E-state index is -0.931. The minimum absolute atomic E-state index is 0.0147. The van der Waals surface area contributed by atoms with Crippen LogP contribution in [-0.2, 0) is 17.9 Å². The second kappa shape index (κ2) is 11.1. The van der Waals surface area contributed by atoms with Gasteiger partial charge in [0.1, 0.15) is 11.5 Å². The van der Waals surface area contributed by atoms with E-state index in [1.54, 1.807) is 24.3 Å². The van der Waals surface area contributed by atoms with Gasteiger partial charge in [0.05, 0.1) is 33.8 Å². The van der Waals surface area contributed by atoms with E-state index in [0.717, 1.165) is 18.7 Å². The van der Waals surface area contributed by atoms with Gasteiger partial charge in [-0.1, -0.05) is 6.07 Å². The zero-order valence-electron chi connectivity index (χ0n) is 22.7. The number of aromatic hydroxyl groups is 1. The number of ether oxygens (including phenoxy) is 3. The third kappa shape index (κ3) is 5.16. The molecule has 2 aromatic heterocycles. The van der Waals surface area contributed by atoms with Crippen molar-refractivity contribution in [3.05, 3.63) is 79.8 Å². The summed E-state index contributed by atoms with van der Waals surface area (Å²) in [6.07, 6.45) is 0.732. The molecule has 2 aliphatic rings. The van der Waals surface area contributed by atoms with Crippen LogP contribution in [0.3, 0.4) is 0 Å². The van der Waals surface area contributed by atoms with Crippen LogP contribution < -0.4 is 30.9 Å². The third-order valence-corrected chi connectivity index (χ3v) is 7.77. The Labute approximate surface area is 230 Å². The molecule has 1 aromatic carbocycles. The first-order valence-electron chi connectivity index (χ1n) is 13.1. The van der Waals surface area contributed by atoms with Crippen LogP contribution in [-0.4, -0.2) is 54.9 Å². The molecule has 11 heteroatoms. The number of rotatable bonds is 9. The van der Waals surface area contributed by atoms with Crippen LogP contribution in [0, 0.1) is 5.92 Å². The highest BCUT2D eigenvalue weighted by atomic mass is 16.5. The largest absolute Gasteiger partial charge is 0.502 e. The summed E-state index contributed by atoms with van der Waals surface area (Å²) >= 11 is 0. The number of amides is 1. The van der Waals surface area contributed by atoms with E-state index in [0.29, 0.717) is 48.2 Å². The van der Waals surface area contributed by atoms with Gasteiger partial charge < -0.3 is 34.0 Å². The molecule has 5 rings (SSSR count). The lowest BCUT2D eigenvalue weighted by Crippen LogP contribution is -2.46. The number of hydrogen-bond donors (Lipinski definition) is 2. The molecule has 3 aromatic rings. The number of carbonyl (C=O) groups is 1. The predicted octanol–water partition coefficient (Wildman–Crippen LogP) is 2.16. The van der Waals surface area contributed by atoms with Gasteiger partial charge in [-0.25, -0.2) is 0 Å². The number of hydrogen-bond acceptors (Lipinski definition) is 9. The van der Waals surface area contributed by atoms with Crippen LogP contribution >= 0.6 is 0 Å². The molecule has 4 heterocycles. The van der Waals surface area contributed by atoms with Crippen LogP contribution in [0.5, 0.6) is 23.0 Å². The number of aromatic nitrogens is 1. The molecule has 0 unspecified atom stereocenters. The van der Waals surface area contributed by atoms with Crippen molar-refractivity contribution < 1.29 is 28.5 Å². The van der Waals surface area contributed by atoms with Crippen molar-refractivity contribution in [1.29, 1.82) is 0 Å². The van der Waals surface area contributed by atoms with Gasteiger partial charge in [0.2, 0.25) is 17.1 Å². The first-order valence-corrected chi connectivity index (χ1v) is 13.1. The molecule has 2 bridgehead atoms. The van der Waals surface area contributed by atoms with Gasteiger partial charge in [-0.05, 0) is 24.5 Å². The smallest absolute Gasteiger partial charge is 0.250 e. The van der Waals surface area contributed by atoms with Crippen molar-refractivity contribution in [2.75, 3.05) is 34.4 Å². The highest BCUT2D eigenvalue weighted by Gasteiger charge is 2.35. The average Bonchev–Trinajstić information content (AvgIpc) is 2.93. The maximum Gasteiger partial charge on any atom is 0.250 e. The minimum Gasteiger partial charge on any atom is -0.502 e. The van der Waals surface area contributed by atoms with Crippen LogP contribution in [0.2, 0.25) is 0 Å². The lowest BCUT2D eigenvalue weighted by Gasteiger charge is -2.42. The molecule has 11 nitrogen and oxygen atoms in total. The van der Waals surface area contributed by atoms with E-state index < -0.39 is 23.0 Å². The van der Waals surface area contributed by atoms with E-state index >= 15 is 0 Å². The van der Waals surface area contributed by atoms with Gasteiger partial charge in [-0.2, -0.15) is 0 Å². The van der Waals surface area contributed by atoms with Gasteiger partial charge in [-0.3, -0.25) is 19.3 Å². The number of nitrogens with two attached hydrogens (primary N) is 1. The molecular formula is C29H33N3O8. The molecule has 212 valence electrons. The molecule has 1 saturated heterocycles. The Balaban J connectivity index is 1.50. The molecule has 1 amide bonds. The molecule has 40 heavy (non-hydrogen) atoms. The normalized spacial score (nSPS) is 19.0. The third-order valence-electron chi connectivity index (χ3n) is 7.77. The average molecular weight is 552 g/mol. The molecule has 0 aliphatic carbocycles. The standard InChI is InChI=1S/C29H33N3O8/c1-37-23-11-25(39-3)24(38-2)9-19(23)20(10-26(30)34)29-28(36)22(33)8-18(40-29)15-31-12-16-7-17(14-31)21-5-4-6-27(35)32(21)13-16/h4-6,8-9,11,16-17,20,36H,7,10,12-15H2,1-3H3,(H2,30,34)/t16-,17+,20-/m1/s1. The Hall–Kier alpha value is -4.25. The number of methoxy groups -OCH3 is 3. The summed E-state index contributed by atoms with van der Waals surface area (Å²) in [5, 5.41) is 10.8. The van der Waals surface area contributed by atoms with Crippen molar-refractivity contribution in [2.24, 2.45) is 11.7 Å². The quantitative estimate of drug-likeness (QED) is 0.408. The van der Waals surface area contributed by atoms with Crippen molar-refractivity contribution >= 4 is 5.91 Å². The lowest BCUT2D eigenvalue weighted by molar-refractivity contribution is -0.118. The Morgan fingerprint density at radius 2 is 1.77 bits per heavy atom. The summed E-state index contributed by atoms with van der Waals surface area (Å²) in [7, 11) is 4.41. The summed E-state index contributed by atoms with van der Waals surface area (Å²) in [5.74, 6) is -0.351. The predicted molar refractivity (Wildman–Crippen MR) is 145 cm³/mol. The van der Waals surface area contributed by atoms with E-state index in [1.165, 1.54) is 27.4 Å². The fraction of sp³-hybridized carbons (Fsp3) is 0.414. The van der Waals surface area contributed by atoms with Gasteiger partial charge in [0.15, 0.2) is 17.3 Å². The van der Waals surface area contributed by atoms with Crippen LogP contribution in [0.25, 0.3) is 0 Å². The van der Waals surface area contributed by atoms with Gasteiger partial charge >= 0.3 is 0 Å². The molecule has 3 N–H and O–H groups in total. The van der Waals surface area contributed by atoms with Gasteiger partial charge in [0, 0.05) is 61.4 Å². The number of fused-ring (bicyclic) bond motifs is 4. The molecule has 3 atom stereocenters.